The zero-order valence-corrected chi connectivity index (χ0v) is 19.9. The summed E-state index contributed by atoms with van der Waals surface area (Å²) in [4.78, 5) is 15.5. The van der Waals surface area contributed by atoms with Crippen LogP contribution in [-0.2, 0) is 11.2 Å². The van der Waals surface area contributed by atoms with Gasteiger partial charge in [-0.15, -0.1) is 10.2 Å². The molecule has 1 saturated carbocycles. The Kier molecular flexibility index (Phi) is 6.69. The zero-order valence-electron chi connectivity index (χ0n) is 19.9. The van der Waals surface area contributed by atoms with Crippen molar-refractivity contribution in [2.24, 2.45) is 11.8 Å². The Balaban J connectivity index is 1.20. The summed E-state index contributed by atoms with van der Waals surface area (Å²) in [5.74, 6) is -0.266. The van der Waals surface area contributed by atoms with Gasteiger partial charge in [0, 0.05) is 50.9 Å². The molecule has 1 amide bonds. The van der Waals surface area contributed by atoms with E-state index in [4.69, 9.17) is 0 Å². The predicted octanol–water partition coefficient (Wildman–Crippen LogP) is 4.47. The van der Waals surface area contributed by atoms with Gasteiger partial charge in [-0.25, -0.2) is 8.78 Å². The summed E-state index contributed by atoms with van der Waals surface area (Å²) in [6, 6.07) is 10.4. The Hall–Kier alpha value is -2.35. The van der Waals surface area contributed by atoms with Crippen LogP contribution >= 0.6 is 0 Å². The molecule has 1 aromatic heterocycles. The van der Waals surface area contributed by atoms with Crippen molar-refractivity contribution in [1.29, 1.82) is 0 Å². The van der Waals surface area contributed by atoms with Gasteiger partial charge in [0.2, 0.25) is 11.8 Å². The Morgan fingerprint density at radius 3 is 2.68 bits per heavy atom. The number of rotatable bonds is 6. The molecule has 3 aliphatic rings. The molecule has 1 aliphatic carbocycles. The Labute approximate surface area is 200 Å². The molecule has 2 aliphatic heterocycles. The fourth-order valence-corrected chi connectivity index (χ4v) is 6.16. The first-order valence-electron chi connectivity index (χ1n) is 12.8. The summed E-state index contributed by atoms with van der Waals surface area (Å²) >= 11 is 0. The molecule has 1 aromatic carbocycles. The van der Waals surface area contributed by atoms with Crippen molar-refractivity contribution in [2.75, 3.05) is 19.6 Å². The number of carbonyl (C=O) groups excluding carboxylic acids is 1. The Morgan fingerprint density at radius 1 is 1.15 bits per heavy atom. The lowest BCUT2D eigenvalue weighted by Gasteiger charge is -2.42. The first kappa shape index (κ1) is 23.4. The monoisotopic (exact) mass is 471 g/mol. The van der Waals surface area contributed by atoms with Crippen molar-refractivity contribution in [2.45, 2.75) is 76.3 Å². The van der Waals surface area contributed by atoms with Crippen LogP contribution in [0.3, 0.4) is 0 Å². The molecule has 184 valence electrons. The highest BCUT2D eigenvalue weighted by molar-refractivity contribution is 5.79. The third kappa shape index (κ3) is 5.02. The van der Waals surface area contributed by atoms with Crippen molar-refractivity contribution >= 4 is 5.91 Å². The molecule has 3 heterocycles. The lowest BCUT2D eigenvalue weighted by Crippen LogP contribution is -2.45. The Morgan fingerprint density at radius 2 is 1.91 bits per heavy atom. The van der Waals surface area contributed by atoms with Gasteiger partial charge in [0.1, 0.15) is 11.6 Å². The number of piperidine rings is 1. The molecular formula is C26H35F2N5O. The molecule has 2 fully saturated rings. The van der Waals surface area contributed by atoms with E-state index in [1.807, 2.05) is 37.3 Å². The second-order valence-corrected chi connectivity index (χ2v) is 10.4. The molecule has 6 nitrogen and oxygen atoms in total. The van der Waals surface area contributed by atoms with Gasteiger partial charge >= 0.3 is 0 Å². The molecule has 3 atom stereocenters. The summed E-state index contributed by atoms with van der Waals surface area (Å²) in [5, 5.41) is 11.9. The fourth-order valence-electron chi connectivity index (χ4n) is 6.16. The average Bonchev–Trinajstić information content (AvgIpc) is 3.23. The molecule has 0 unspecified atom stereocenters. The number of aromatic nitrogens is 3. The largest absolute Gasteiger partial charge is 0.349 e. The maximum Gasteiger partial charge on any atom is 0.248 e. The molecule has 8 heteroatoms. The van der Waals surface area contributed by atoms with Crippen LogP contribution in [0.4, 0.5) is 8.78 Å². The highest BCUT2D eigenvalue weighted by Gasteiger charge is 2.38. The lowest BCUT2D eigenvalue weighted by atomic mass is 9.84. The second-order valence-electron chi connectivity index (χ2n) is 10.4. The maximum atomic E-state index is 13.6. The van der Waals surface area contributed by atoms with Crippen LogP contribution in [0.1, 0.15) is 74.2 Å². The SMILES string of the molecule is Cc1nnc2n1[C@H]1CCN(CC[C@H](NC(=O)C3CCC(F)(F)CC3)c3ccccc3)C[C@H]1CC2. The number of hydrogen-bond acceptors (Lipinski definition) is 4. The van der Waals surface area contributed by atoms with Crippen molar-refractivity contribution in [3.8, 4) is 0 Å². The van der Waals surface area contributed by atoms with Gasteiger partial charge in [-0.05, 0) is 50.5 Å². The molecule has 1 saturated heterocycles. The number of fused-ring (bicyclic) bond motifs is 3. The molecule has 34 heavy (non-hydrogen) atoms. The number of nitrogens with zero attached hydrogens (tertiary/aromatic N) is 4. The minimum absolute atomic E-state index is 0.0778. The van der Waals surface area contributed by atoms with Gasteiger partial charge < -0.3 is 14.8 Å². The highest BCUT2D eigenvalue weighted by atomic mass is 19.3. The standard InChI is InChI=1S/C26H35F2N5O/c1-18-30-31-24-8-7-21-17-32(16-12-23(21)33(18)24)15-11-22(19-5-3-2-4-6-19)29-25(34)20-9-13-26(27,28)14-10-20/h2-6,20-23H,7-17H2,1H3,(H,29,34)/t21-,22+,23+/m1/s1. The van der Waals surface area contributed by atoms with Gasteiger partial charge in [-0.1, -0.05) is 30.3 Å². The van der Waals surface area contributed by atoms with Crippen molar-refractivity contribution in [3.05, 3.63) is 47.5 Å². The average molecular weight is 472 g/mol. The Bertz CT molecular complexity index is 984. The molecule has 0 bridgehead atoms. The van der Waals surface area contributed by atoms with E-state index in [9.17, 15) is 13.6 Å². The molecule has 1 N–H and O–H groups in total. The van der Waals surface area contributed by atoms with Crippen LogP contribution in [-0.4, -0.2) is 51.1 Å². The number of aryl methyl sites for hydroxylation is 2. The fraction of sp³-hybridized carbons (Fsp3) is 0.654. The number of hydrogen-bond donors (Lipinski definition) is 1. The quantitative estimate of drug-likeness (QED) is 0.675. The van der Waals surface area contributed by atoms with Crippen LogP contribution in [0.15, 0.2) is 30.3 Å². The summed E-state index contributed by atoms with van der Waals surface area (Å²) in [6.07, 6.45) is 4.18. The van der Waals surface area contributed by atoms with E-state index < -0.39 is 5.92 Å². The van der Waals surface area contributed by atoms with Gasteiger partial charge in [0.15, 0.2) is 0 Å². The van der Waals surface area contributed by atoms with Gasteiger partial charge in [0.25, 0.3) is 0 Å². The third-order valence-electron chi connectivity index (χ3n) is 8.13. The number of halogens is 2. The minimum Gasteiger partial charge on any atom is -0.349 e. The summed E-state index contributed by atoms with van der Waals surface area (Å²) < 4.78 is 29.5. The van der Waals surface area contributed by atoms with E-state index in [1.165, 1.54) is 0 Å². The van der Waals surface area contributed by atoms with Crippen LogP contribution in [0.25, 0.3) is 0 Å². The number of nitrogens with one attached hydrogen (secondary N) is 1. The molecule has 0 spiro atoms. The number of alkyl halides is 2. The first-order chi connectivity index (χ1) is 16.4. The van der Waals surface area contributed by atoms with E-state index in [0.29, 0.717) is 12.0 Å². The van der Waals surface area contributed by atoms with Crippen LogP contribution in [0, 0.1) is 18.8 Å². The van der Waals surface area contributed by atoms with Crippen molar-refractivity contribution < 1.29 is 13.6 Å². The first-order valence-corrected chi connectivity index (χ1v) is 12.8. The lowest BCUT2D eigenvalue weighted by molar-refractivity contribution is -0.130. The van der Waals surface area contributed by atoms with Gasteiger partial charge in [-0.3, -0.25) is 4.79 Å². The molecular weight excluding hydrogens is 436 g/mol. The van der Waals surface area contributed by atoms with Crippen LogP contribution < -0.4 is 5.32 Å². The van der Waals surface area contributed by atoms with E-state index in [2.05, 4.69) is 25.0 Å². The summed E-state index contributed by atoms with van der Waals surface area (Å²) in [7, 11) is 0. The van der Waals surface area contributed by atoms with Crippen LogP contribution in [0.2, 0.25) is 0 Å². The zero-order chi connectivity index (χ0) is 23.7. The number of likely N-dealkylation sites (tertiary alicyclic amines) is 1. The third-order valence-corrected chi connectivity index (χ3v) is 8.13. The van der Waals surface area contributed by atoms with E-state index in [0.717, 1.165) is 62.5 Å². The molecule has 2 aromatic rings. The molecule has 0 radical (unpaired) electrons. The number of benzene rings is 1. The van der Waals surface area contributed by atoms with Gasteiger partial charge in [-0.2, -0.15) is 0 Å². The number of carbonyl (C=O) groups is 1. The molecule has 5 rings (SSSR count). The van der Waals surface area contributed by atoms with Gasteiger partial charge in [0.05, 0.1) is 6.04 Å². The normalized spacial score (nSPS) is 25.9. The number of amides is 1. The van der Waals surface area contributed by atoms with Crippen molar-refractivity contribution in [3.63, 3.8) is 0 Å². The van der Waals surface area contributed by atoms with Crippen molar-refractivity contribution in [1.82, 2.24) is 25.0 Å². The highest BCUT2D eigenvalue weighted by Crippen LogP contribution is 2.38. The smallest absolute Gasteiger partial charge is 0.248 e. The predicted molar refractivity (Wildman–Crippen MR) is 126 cm³/mol. The van der Waals surface area contributed by atoms with E-state index in [-0.39, 0.29) is 43.6 Å². The maximum absolute atomic E-state index is 13.6. The van der Waals surface area contributed by atoms with E-state index in [1.54, 1.807) is 0 Å². The summed E-state index contributed by atoms with van der Waals surface area (Å²) in [5.41, 5.74) is 1.08. The second kappa shape index (κ2) is 9.72. The van der Waals surface area contributed by atoms with Crippen LogP contribution in [0.5, 0.6) is 0 Å². The van der Waals surface area contributed by atoms with E-state index >= 15 is 0 Å². The summed E-state index contributed by atoms with van der Waals surface area (Å²) in [6.45, 7) is 5.02. The topological polar surface area (TPSA) is 63.1 Å². The minimum atomic E-state index is -2.62.